The summed E-state index contributed by atoms with van der Waals surface area (Å²) in [5.74, 6) is -3.73. The van der Waals surface area contributed by atoms with E-state index in [4.69, 9.17) is 10.5 Å². The minimum absolute atomic E-state index is 0.0183. The summed E-state index contributed by atoms with van der Waals surface area (Å²) in [7, 11) is -3.18. The molecule has 0 atom stereocenters. The number of alkyl halides is 2. The molecule has 0 spiro atoms. The Morgan fingerprint density at radius 2 is 1.91 bits per heavy atom. The van der Waals surface area contributed by atoms with Crippen molar-refractivity contribution in [3.05, 3.63) is 63.6 Å². The third-order valence-electron chi connectivity index (χ3n) is 5.15. The number of anilines is 2. The molecule has 2 aromatic carbocycles. The van der Waals surface area contributed by atoms with Gasteiger partial charge in [-0.15, -0.1) is 0 Å². The summed E-state index contributed by atoms with van der Waals surface area (Å²) < 4.78 is 72.8. The lowest BCUT2D eigenvalue weighted by atomic mass is 10.1. The Morgan fingerprint density at radius 1 is 1.20 bits per heavy atom. The number of hydrogen-bond donors (Lipinski definition) is 2. The third kappa shape index (κ3) is 5.29. The molecule has 4 aromatic rings. The van der Waals surface area contributed by atoms with Gasteiger partial charge >= 0.3 is 5.76 Å². The Kier molecular flexibility index (Phi) is 7.07. The molecule has 184 valence electrons. The lowest BCUT2D eigenvalue weighted by molar-refractivity contribution is 0.236. The molecule has 0 aliphatic heterocycles. The van der Waals surface area contributed by atoms with Crippen molar-refractivity contribution < 1.29 is 26.3 Å². The summed E-state index contributed by atoms with van der Waals surface area (Å²) in [6.07, 6.45) is 1.99. The molecule has 0 bridgehead atoms. The smallest absolute Gasteiger partial charge is 0.355 e. The van der Waals surface area contributed by atoms with Crippen molar-refractivity contribution in [3.63, 3.8) is 0 Å². The number of ether oxygens (including phenoxy) is 1. The van der Waals surface area contributed by atoms with Gasteiger partial charge in [-0.25, -0.2) is 17.8 Å². The minimum atomic E-state index is -4.93. The fourth-order valence-electron chi connectivity index (χ4n) is 3.50. The number of nitrogens with zero attached hydrogens (tertiary/aromatic N) is 3. The average Bonchev–Trinajstić information content (AvgIpc) is 3.17. The third-order valence-corrected chi connectivity index (χ3v) is 6.91. The van der Waals surface area contributed by atoms with Crippen LogP contribution in [-0.2, 0) is 23.5 Å². The monoisotopic (exact) mass is 617 g/mol. The first-order valence-electron chi connectivity index (χ1n) is 10.1. The van der Waals surface area contributed by atoms with Crippen LogP contribution >= 0.6 is 22.6 Å². The van der Waals surface area contributed by atoms with Crippen molar-refractivity contribution in [3.8, 4) is 17.0 Å². The second-order valence-electron chi connectivity index (χ2n) is 7.53. The molecule has 0 saturated heterocycles. The quantitative estimate of drug-likeness (QED) is 0.281. The van der Waals surface area contributed by atoms with Crippen LogP contribution < -0.4 is 15.2 Å². The second kappa shape index (κ2) is 9.89. The van der Waals surface area contributed by atoms with E-state index in [9.17, 15) is 21.6 Å². The van der Waals surface area contributed by atoms with Gasteiger partial charge in [-0.1, -0.05) is 18.2 Å². The van der Waals surface area contributed by atoms with Gasteiger partial charge in [0.15, 0.2) is 0 Å². The SMILES string of the molecule is Cn1nc(-c2ccc(NS(=O)(=O)C(F)F)c(OCCc3ccc(F)cc3)c2)c2c(N)ncc(I)c21. The van der Waals surface area contributed by atoms with E-state index in [2.05, 4.69) is 32.7 Å². The molecule has 0 radical (unpaired) electrons. The van der Waals surface area contributed by atoms with Crippen LogP contribution in [0.5, 0.6) is 5.75 Å². The van der Waals surface area contributed by atoms with Gasteiger partial charge < -0.3 is 10.5 Å². The van der Waals surface area contributed by atoms with Crippen LogP contribution in [0.3, 0.4) is 0 Å². The Morgan fingerprint density at radius 3 is 2.60 bits per heavy atom. The Balaban J connectivity index is 1.73. The highest BCUT2D eigenvalue weighted by atomic mass is 127. The van der Waals surface area contributed by atoms with Gasteiger partial charge in [0.1, 0.15) is 23.1 Å². The molecule has 2 aromatic heterocycles. The molecule has 3 N–H and O–H groups in total. The fourth-order valence-corrected chi connectivity index (χ4v) is 4.82. The molecule has 4 rings (SSSR count). The molecular formula is C22H19F3IN5O3S. The number of hydrogen-bond acceptors (Lipinski definition) is 6. The van der Waals surface area contributed by atoms with Gasteiger partial charge in [-0.05, 0) is 52.4 Å². The summed E-state index contributed by atoms with van der Waals surface area (Å²) in [5, 5.41) is 5.13. The van der Waals surface area contributed by atoms with Crippen molar-refractivity contribution in [2.24, 2.45) is 7.05 Å². The first-order chi connectivity index (χ1) is 16.6. The number of nitrogen functional groups attached to an aromatic ring is 1. The number of sulfonamides is 1. The standard InChI is InChI=1S/C22H19F3IN5O3S/c1-31-20-15(26)11-28-21(27)18(20)19(29-31)13-4-7-16(30-35(32,33)22(24)25)17(10-13)34-9-8-12-2-5-14(23)6-3-12/h2-7,10-11,22,30H,8-9H2,1H3,(H2,27,28). The van der Waals surface area contributed by atoms with E-state index in [1.807, 2.05) is 4.72 Å². The predicted molar refractivity (Wildman–Crippen MR) is 135 cm³/mol. The maximum atomic E-state index is 13.1. The maximum absolute atomic E-state index is 13.1. The van der Waals surface area contributed by atoms with Crippen molar-refractivity contribution >= 4 is 55.0 Å². The summed E-state index contributed by atoms with van der Waals surface area (Å²) in [4.78, 5) is 4.19. The van der Waals surface area contributed by atoms with E-state index in [1.54, 1.807) is 30.1 Å². The van der Waals surface area contributed by atoms with E-state index < -0.39 is 15.8 Å². The van der Waals surface area contributed by atoms with Gasteiger partial charge in [0.25, 0.3) is 10.0 Å². The van der Waals surface area contributed by atoms with E-state index in [1.165, 1.54) is 30.3 Å². The highest BCUT2D eigenvalue weighted by Gasteiger charge is 2.26. The average molecular weight is 617 g/mol. The Hall–Kier alpha value is -3.07. The summed E-state index contributed by atoms with van der Waals surface area (Å²) >= 11 is 2.12. The highest BCUT2D eigenvalue weighted by Crippen LogP contribution is 2.37. The molecule has 0 aliphatic rings. The highest BCUT2D eigenvalue weighted by molar-refractivity contribution is 14.1. The number of nitrogens with two attached hydrogens (primary N) is 1. The molecule has 0 amide bonds. The van der Waals surface area contributed by atoms with Crippen LogP contribution in [0.4, 0.5) is 24.7 Å². The summed E-state index contributed by atoms with van der Waals surface area (Å²) in [6.45, 7) is 0.0725. The second-order valence-corrected chi connectivity index (χ2v) is 10.3. The number of pyridine rings is 1. The van der Waals surface area contributed by atoms with Gasteiger partial charge in [-0.3, -0.25) is 9.40 Å². The van der Waals surface area contributed by atoms with Gasteiger partial charge in [0.05, 0.1) is 26.8 Å². The zero-order valence-electron chi connectivity index (χ0n) is 18.2. The summed E-state index contributed by atoms with van der Waals surface area (Å²) in [5.41, 5.74) is 8.48. The first-order valence-corrected chi connectivity index (χ1v) is 12.8. The van der Waals surface area contributed by atoms with Crippen LogP contribution in [0.1, 0.15) is 5.56 Å². The molecule has 8 nitrogen and oxygen atoms in total. The number of halogens is 4. The Bertz CT molecular complexity index is 1490. The normalized spacial score (nSPS) is 11.8. The number of rotatable bonds is 8. The maximum Gasteiger partial charge on any atom is 0.355 e. The van der Waals surface area contributed by atoms with E-state index in [-0.39, 0.29) is 29.7 Å². The number of fused-ring (bicyclic) bond motifs is 1. The predicted octanol–water partition coefficient (Wildman–Crippen LogP) is 4.55. The van der Waals surface area contributed by atoms with E-state index >= 15 is 0 Å². The topological polar surface area (TPSA) is 112 Å². The first kappa shape index (κ1) is 25.0. The number of aromatic nitrogens is 3. The zero-order valence-corrected chi connectivity index (χ0v) is 21.1. The van der Waals surface area contributed by atoms with Gasteiger partial charge in [0.2, 0.25) is 0 Å². The molecular weight excluding hydrogens is 598 g/mol. The molecule has 35 heavy (non-hydrogen) atoms. The molecule has 13 heteroatoms. The fraction of sp³-hybridized carbons (Fsp3) is 0.182. The minimum Gasteiger partial charge on any atom is -0.491 e. The van der Waals surface area contributed by atoms with Gasteiger partial charge in [0, 0.05) is 25.2 Å². The largest absolute Gasteiger partial charge is 0.491 e. The lowest BCUT2D eigenvalue weighted by Gasteiger charge is -2.15. The molecule has 0 unspecified atom stereocenters. The number of benzene rings is 2. The van der Waals surface area contributed by atoms with Crippen molar-refractivity contribution in [1.82, 2.24) is 14.8 Å². The van der Waals surface area contributed by atoms with Crippen LogP contribution in [-0.4, -0.2) is 35.5 Å². The summed E-state index contributed by atoms with van der Waals surface area (Å²) in [6, 6.07) is 10.1. The van der Waals surface area contributed by atoms with Gasteiger partial charge in [-0.2, -0.15) is 13.9 Å². The van der Waals surface area contributed by atoms with Crippen molar-refractivity contribution in [2.45, 2.75) is 12.2 Å². The van der Waals surface area contributed by atoms with E-state index in [0.29, 0.717) is 23.1 Å². The van der Waals surface area contributed by atoms with Crippen molar-refractivity contribution in [2.75, 3.05) is 17.1 Å². The van der Waals surface area contributed by atoms with Crippen LogP contribution in [0, 0.1) is 9.39 Å². The van der Waals surface area contributed by atoms with Crippen LogP contribution in [0.25, 0.3) is 22.2 Å². The number of aryl methyl sites for hydroxylation is 1. The van der Waals surface area contributed by atoms with Crippen molar-refractivity contribution in [1.29, 1.82) is 0 Å². The Labute approximate surface area is 212 Å². The zero-order chi connectivity index (χ0) is 25.3. The van der Waals surface area contributed by atoms with Crippen LogP contribution in [0.15, 0.2) is 48.7 Å². The van der Waals surface area contributed by atoms with Crippen LogP contribution in [0.2, 0.25) is 0 Å². The van der Waals surface area contributed by atoms with E-state index in [0.717, 1.165) is 14.7 Å². The lowest BCUT2D eigenvalue weighted by Crippen LogP contribution is -2.21. The molecule has 0 fully saturated rings. The molecule has 2 heterocycles. The molecule has 0 aliphatic carbocycles. The molecule has 0 saturated carbocycles. The number of nitrogens with one attached hydrogen (secondary N) is 1.